The maximum atomic E-state index is 3.49. The van der Waals surface area contributed by atoms with E-state index in [2.05, 4.69) is 64.8 Å². The van der Waals surface area contributed by atoms with Gasteiger partial charge in [-0.15, -0.1) is 34.4 Å². The Morgan fingerprint density at radius 3 is 2.85 bits per heavy atom. The van der Waals surface area contributed by atoms with E-state index < -0.39 is 0 Å². The molecule has 0 fully saturated rings. The quantitative estimate of drug-likeness (QED) is 0.596. The van der Waals surface area contributed by atoms with Gasteiger partial charge in [-0.1, -0.05) is 12.1 Å². The van der Waals surface area contributed by atoms with Gasteiger partial charge in [0.1, 0.15) is 0 Å². The van der Waals surface area contributed by atoms with Crippen LogP contribution in [0, 0.1) is 0 Å². The number of hydrogen-bond acceptors (Lipinski definition) is 4. The zero-order chi connectivity index (χ0) is 13.8. The van der Waals surface area contributed by atoms with Crippen molar-refractivity contribution >= 4 is 40.1 Å². The number of rotatable bonds is 5. The lowest BCUT2D eigenvalue weighted by Gasteiger charge is -2.06. The summed E-state index contributed by atoms with van der Waals surface area (Å²) in [5.74, 6) is 0. The fraction of sp³-hybridized carbons (Fsp3) is 0.125. The molecule has 20 heavy (non-hydrogen) atoms. The van der Waals surface area contributed by atoms with Crippen LogP contribution in [0.15, 0.2) is 58.1 Å². The summed E-state index contributed by atoms with van der Waals surface area (Å²) < 4.78 is 0. The Hall–Kier alpha value is -1.23. The normalized spacial score (nSPS) is 10.7. The molecule has 2 heterocycles. The van der Waals surface area contributed by atoms with Crippen molar-refractivity contribution in [3.63, 3.8) is 0 Å². The van der Waals surface area contributed by atoms with Crippen molar-refractivity contribution in [2.45, 2.75) is 11.4 Å². The van der Waals surface area contributed by atoms with Crippen LogP contribution in [0.25, 0.3) is 10.4 Å². The number of anilines is 1. The Bertz CT molecular complexity index is 671. The topological polar surface area (TPSA) is 12.0 Å². The van der Waals surface area contributed by atoms with E-state index in [0.29, 0.717) is 0 Å². The Labute approximate surface area is 131 Å². The molecule has 1 N–H and O–H groups in total. The Morgan fingerprint density at radius 2 is 2.05 bits per heavy atom. The SMILES string of the molecule is CSc1cccc(NCc2cc(-c3cccs3)cs2)c1. The van der Waals surface area contributed by atoms with E-state index in [0.717, 1.165) is 6.54 Å². The lowest BCUT2D eigenvalue weighted by atomic mass is 10.2. The van der Waals surface area contributed by atoms with E-state index in [-0.39, 0.29) is 0 Å². The second-order valence-electron chi connectivity index (χ2n) is 4.36. The van der Waals surface area contributed by atoms with Gasteiger partial charge >= 0.3 is 0 Å². The summed E-state index contributed by atoms with van der Waals surface area (Å²) in [4.78, 5) is 4.00. The van der Waals surface area contributed by atoms with Crippen LogP contribution >= 0.6 is 34.4 Å². The third-order valence-corrected chi connectivity index (χ3v) is 5.58. The van der Waals surface area contributed by atoms with E-state index in [9.17, 15) is 0 Å². The predicted molar refractivity (Wildman–Crippen MR) is 93.2 cm³/mol. The van der Waals surface area contributed by atoms with E-state index in [4.69, 9.17) is 0 Å². The van der Waals surface area contributed by atoms with Crippen LogP contribution in [0.5, 0.6) is 0 Å². The van der Waals surface area contributed by atoms with Crippen molar-refractivity contribution in [1.29, 1.82) is 0 Å². The van der Waals surface area contributed by atoms with Crippen molar-refractivity contribution in [2.24, 2.45) is 0 Å². The molecule has 0 radical (unpaired) electrons. The molecule has 1 nitrogen and oxygen atoms in total. The van der Waals surface area contributed by atoms with Crippen LogP contribution in [-0.4, -0.2) is 6.26 Å². The van der Waals surface area contributed by atoms with Gasteiger partial charge in [-0.25, -0.2) is 0 Å². The van der Waals surface area contributed by atoms with Crippen molar-refractivity contribution < 1.29 is 0 Å². The maximum Gasteiger partial charge on any atom is 0.0494 e. The highest BCUT2D eigenvalue weighted by atomic mass is 32.2. The van der Waals surface area contributed by atoms with Gasteiger partial charge in [0, 0.05) is 32.4 Å². The van der Waals surface area contributed by atoms with Crippen LogP contribution in [0.2, 0.25) is 0 Å². The molecule has 0 aliphatic heterocycles. The molecule has 0 spiro atoms. The van der Waals surface area contributed by atoms with Gasteiger partial charge in [-0.2, -0.15) is 0 Å². The summed E-state index contributed by atoms with van der Waals surface area (Å²) in [6, 6.07) is 15.1. The Morgan fingerprint density at radius 1 is 1.10 bits per heavy atom. The molecular weight excluding hydrogens is 302 g/mol. The number of thiophene rings is 2. The first kappa shape index (κ1) is 13.7. The van der Waals surface area contributed by atoms with Crippen molar-refractivity contribution in [3.05, 3.63) is 58.1 Å². The molecule has 0 bridgehead atoms. The summed E-state index contributed by atoms with van der Waals surface area (Å²) in [5.41, 5.74) is 2.52. The molecule has 4 heteroatoms. The molecule has 0 aliphatic carbocycles. The third-order valence-electron chi connectivity index (χ3n) is 3.00. The van der Waals surface area contributed by atoms with Crippen LogP contribution in [0.4, 0.5) is 5.69 Å². The number of benzene rings is 1. The van der Waals surface area contributed by atoms with Gasteiger partial charge < -0.3 is 5.32 Å². The molecule has 0 atom stereocenters. The highest BCUT2D eigenvalue weighted by molar-refractivity contribution is 7.98. The van der Waals surface area contributed by atoms with Crippen molar-refractivity contribution in [3.8, 4) is 10.4 Å². The Kier molecular flexibility index (Phi) is 4.45. The number of thioether (sulfide) groups is 1. The molecule has 102 valence electrons. The van der Waals surface area contributed by atoms with Crippen molar-refractivity contribution in [1.82, 2.24) is 0 Å². The molecule has 0 amide bonds. The van der Waals surface area contributed by atoms with Gasteiger partial charge in [-0.3, -0.25) is 0 Å². The second-order valence-corrected chi connectivity index (χ2v) is 7.19. The summed E-state index contributed by atoms with van der Waals surface area (Å²) in [7, 11) is 0. The predicted octanol–water partition coefficient (Wildman–Crippen LogP) is 5.81. The highest BCUT2D eigenvalue weighted by Crippen LogP contribution is 2.29. The van der Waals surface area contributed by atoms with E-state index in [1.807, 2.05) is 11.3 Å². The van der Waals surface area contributed by atoms with Gasteiger partial charge in [0.2, 0.25) is 0 Å². The molecule has 0 aliphatic rings. The van der Waals surface area contributed by atoms with Crippen LogP contribution < -0.4 is 5.32 Å². The van der Waals surface area contributed by atoms with Gasteiger partial charge in [0.05, 0.1) is 0 Å². The first-order valence-corrected chi connectivity index (χ1v) is 9.33. The summed E-state index contributed by atoms with van der Waals surface area (Å²) in [6.07, 6.45) is 2.10. The Balaban J connectivity index is 1.66. The molecule has 1 aromatic carbocycles. The summed E-state index contributed by atoms with van der Waals surface area (Å²) in [6.45, 7) is 0.883. The van der Waals surface area contributed by atoms with E-state index in [1.54, 1.807) is 23.1 Å². The average molecular weight is 318 g/mol. The fourth-order valence-electron chi connectivity index (χ4n) is 1.97. The minimum absolute atomic E-state index is 0.883. The van der Waals surface area contributed by atoms with Crippen molar-refractivity contribution in [2.75, 3.05) is 11.6 Å². The second kappa shape index (κ2) is 6.48. The van der Waals surface area contributed by atoms with Crippen LogP contribution in [-0.2, 0) is 6.54 Å². The zero-order valence-corrected chi connectivity index (χ0v) is 13.6. The summed E-state index contributed by atoms with van der Waals surface area (Å²) >= 11 is 5.38. The third kappa shape index (κ3) is 3.26. The van der Waals surface area contributed by atoms with Gasteiger partial charge in [-0.05, 0) is 47.3 Å². The molecule has 2 aromatic heterocycles. The molecule has 0 saturated carbocycles. The first-order valence-electron chi connectivity index (χ1n) is 6.34. The van der Waals surface area contributed by atoms with E-state index in [1.165, 1.54) is 25.9 Å². The van der Waals surface area contributed by atoms with Gasteiger partial charge in [0.25, 0.3) is 0 Å². The smallest absolute Gasteiger partial charge is 0.0494 e. The number of nitrogens with one attached hydrogen (secondary N) is 1. The van der Waals surface area contributed by atoms with Crippen LogP contribution in [0.3, 0.4) is 0 Å². The van der Waals surface area contributed by atoms with E-state index >= 15 is 0 Å². The fourth-order valence-corrected chi connectivity index (χ4v) is 4.04. The largest absolute Gasteiger partial charge is 0.380 e. The minimum Gasteiger partial charge on any atom is -0.380 e. The van der Waals surface area contributed by atoms with Crippen LogP contribution in [0.1, 0.15) is 4.88 Å². The lowest BCUT2D eigenvalue weighted by Crippen LogP contribution is -1.96. The molecular formula is C16H15NS3. The minimum atomic E-state index is 0.883. The highest BCUT2D eigenvalue weighted by Gasteiger charge is 2.03. The molecule has 0 unspecified atom stereocenters. The molecule has 3 aromatic rings. The molecule has 0 saturated heterocycles. The maximum absolute atomic E-state index is 3.49. The average Bonchev–Trinajstić information content (AvgIpc) is 3.16. The number of hydrogen-bond donors (Lipinski definition) is 1. The molecule has 3 rings (SSSR count). The first-order chi connectivity index (χ1) is 9.85. The lowest BCUT2D eigenvalue weighted by molar-refractivity contribution is 1.19. The zero-order valence-electron chi connectivity index (χ0n) is 11.1. The van der Waals surface area contributed by atoms with Gasteiger partial charge in [0.15, 0.2) is 0 Å². The monoisotopic (exact) mass is 317 g/mol. The summed E-state index contributed by atoms with van der Waals surface area (Å²) in [5, 5.41) is 7.86. The standard InChI is InChI=1S/C16H15NS3/c1-18-14-5-2-4-13(9-14)17-10-15-8-12(11-20-15)16-6-3-7-19-16/h2-9,11,17H,10H2,1H3.